The fraction of sp³-hybridized carbons (Fsp3) is 0.200. The van der Waals surface area contributed by atoms with Crippen LogP contribution in [0.4, 0.5) is 19.3 Å². The maximum atomic E-state index is 13.1. The minimum absolute atomic E-state index is 0.0970. The summed E-state index contributed by atoms with van der Waals surface area (Å²) in [5.74, 6) is -1.65. The Labute approximate surface area is 101 Å². The predicted molar refractivity (Wildman–Crippen MR) is 60.0 cm³/mol. The van der Waals surface area contributed by atoms with Crippen molar-refractivity contribution in [1.82, 2.24) is 0 Å². The average molecular weight is 263 g/mol. The van der Waals surface area contributed by atoms with Crippen LogP contribution in [0.5, 0.6) is 0 Å². The van der Waals surface area contributed by atoms with Gasteiger partial charge in [0.15, 0.2) is 0 Å². The summed E-state index contributed by atoms with van der Waals surface area (Å²) in [6.45, 7) is 1.72. The molecule has 0 bridgehead atoms. The number of hydrogen-bond acceptors (Lipinski definition) is 3. The molecule has 1 aromatic carbocycles. The second kappa shape index (κ2) is 6.15. The fourth-order valence-electron chi connectivity index (χ4n) is 0.879. The highest BCUT2D eigenvalue weighted by atomic mass is 35.5. The van der Waals surface area contributed by atoms with Crippen molar-refractivity contribution < 1.29 is 18.4 Å². The summed E-state index contributed by atoms with van der Waals surface area (Å²) in [5.41, 5.74) is -0.209. The zero-order chi connectivity index (χ0) is 12.8. The Morgan fingerprint density at radius 2 is 2.24 bits per heavy atom. The third-order valence-corrected chi connectivity index (χ3v) is 2.02. The van der Waals surface area contributed by atoms with Gasteiger partial charge in [0.2, 0.25) is 0 Å². The lowest BCUT2D eigenvalue weighted by molar-refractivity contribution is 0.166. The van der Waals surface area contributed by atoms with Gasteiger partial charge in [-0.25, -0.2) is 13.6 Å². The first-order chi connectivity index (χ1) is 8.02. The molecule has 4 nitrogen and oxygen atoms in total. The highest BCUT2D eigenvalue weighted by Gasteiger charge is 2.08. The van der Waals surface area contributed by atoms with E-state index in [0.29, 0.717) is 12.5 Å². The molecule has 7 heteroatoms. The number of nitrogens with one attached hydrogen (secondary N) is 1. The summed E-state index contributed by atoms with van der Waals surface area (Å²) in [6, 6.07) is 2.70. The minimum Gasteiger partial charge on any atom is -0.297 e. The molecule has 17 heavy (non-hydrogen) atoms. The van der Waals surface area contributed by atoms with E-state index < -0.39 is 17.7 Å². The van der Waals surface area contributed by atoms with E-state index in [-0.39, 0.29) is 10.9 Å². The quantitative estimate of drug-likeness (QED) is 0.515. The molecule has 0 aromatic heterocycles. The van der Waals surface area contributed by atoms with E-state index in [4.69, 9.17) is 11.6 Å². The molecular formula is C10H9ClF2N2O2. The van der Waals surface area contributed by atoms with E-state index in [2.05, 4.69) is 9.99 Å². The van der Waals surface area contributed by atoms with Crippen molar-refractivity contribution in [1.29, 1.82) is 0 Å². The number of carbonyl (C=O) groups is 1. The summed E-state index contributed by atoms with van der Waals surface area (Å²) in [5, 5.41) is 5.40. The normalized spacial score (nSPS) is 11.2. The summed E-state index contributed by atoms with van der Waals surface area (Å²) < 4.78 is 25.7. The van der Waals surface area contributed by atoms with Gasteiger partial charge in [-0.15, -0.1) is 0 Å². The van der Waals surface area contributed by atoms with Gasteiger partial charge in [0, 0.05) is 12.5 Å². The van der Waals surface area contributed by atoms with Crippen molar-refractivity contribution in [3.8, 4) is 0 Å². The minimum atomic E-state index is -1.01. The molecule has 1 amide bonds. The highest BCUT2D eigenvalue weighted by Crippen LogP contribution is 2.15. The second-order valence-electron chi connectivity index (χ2n) is 2.95. The average Bonchev–Trinajstić information content (AvgIpc) is 2.29. The van der Waals surface area contributed by atoms with Crippen LogP contribution in [0.15, 0.2) is 23.4 Å². The monoisotopic (exact) mass is 262 g/mol. The SMILES string of the molecule is CC/C(Cl)=N\OC(=O)Nc1ccc(F)cc1F. The summed E-state index contributed by atoms with van der Waals surface area (Å²) in [7, 11) is 0. The van der Waals surface area contributed by atoms with Crippen LogP contribution >= 0.6 is 11.6 Å². The molecule has 0 aliphatic carbocycles. The third-order valence-electron chi connectivity index (χ3n) is 1.69. The molecule has 0 heterocycles. The van der Waals surface area contributed by atoms with E-state index in [1.54, 1.807) is 6.92 Å². The maximum absolute atomic E-state index is 13.1. The number of carbonyl (C=O) groups excluding carboxylic acids is 1. The van der Waals surface area contributed by atoms with Crippen LogP contribution < -0.4 is 5.32 Å². The van der Waals surface area contributed by atoms with Gasteiger partial charge in [0.1, 0.15) is 16.8 Å². The molecule has 1 N–H and O–H groups in total. The smallest absolute Gasteiger partial charge is 0.297 e. The lowest BCUT2D eigenvalue weighted by atomic mass is 10.3. The predicted octanol–water partition coefficient (Wildman–Crippen LogP) is 3.48. The Balaban J connectivity index is 2.62. The fourth-order valence-corrected chi connectivity index (χ4v) is 0.914. The highest BCUT2D eigenvalue weighted by molar-refractivity contribution is 6.65. The molecular weight excluding hydrogens is 254 g/mol. The van der Waals surface area contributed by atoms with E-state index >= 15 is 0 Å². The van der Waals surface area contributed by atoms with Gasteiger partial charge < -0.3 is 0 Å². The molecule has 0 aliphatic heterocycles. The van der Waals surface area contributed by atoms with Crippen LogP contribution in [0, 0.1) is 11.6 Å². The molecule has 0 aliphatic rings. The van der Waals surface area contributed by atoms with Crippen LogP contribution in [0.1, 0.15) is 13.3 Å². The molecule has 0 radical (unpaired) electrons. The van der Waals surface area contributed by atoms with Gasteiger partial charge in [-0.05, 0) is 12.1 Å². The van der Waals surface area contributed by atoms with Crippen LogP contribution in [0.2, 0.25) is 0 Å². The molecule has 0 atom stereocenters. The lowest BCUT2D eigenvalue weighted by Crippen LogP contribution is -2.12. The summed E-state index contributed by atoms with van der Waals surface area (Å²) >= 11 is 5.49. The lowest BCUT2D eigenvalue weighted by Gasteiger charge is -2.03. The Morgan fingerprint density at radius 3 is 2.82 bits per heavy atom. The second-order valence-corrected chi connectivity index (χ2v) is 3.39. The number of rotatable bonds is 3. The number of anilines is 1. The molecule has 92 valence electrons. The number of benzene rings is 1. The van der Waals surface area contributed by atoms with Crippen LogP contribution in [0.25, 0.3) is 0 Å². The van der Waals surface area contributed by atoms with E-state index in [0.717, 1.165) is 12.1 Å². The summed E-state index contributed by atoms with van der Waals surface area (Å²) in [4.78, 5) is 15.4. The maximum Gasteiger partial charge on any atom is 0.437 e. The molecule has 0 unspecified atom stereocenters. The molecule has 0 fully saturated rings. The molecule has 0 saturated heterocycles. The van der Waals surface area contributed by atoms with Gasteiger partial charge in [-0.2, -0.15) is 0 Å². The van der Waals surface area contributed by atoms with E-state index in [1.807, 2.05) is 5.32 Å². The first-order valence-electron chi connectivity index (χ1n) is 4.68. The topological polar surface area (TPSA) is 50.7 Å². The van der Waals surface area contributed by atoms with Crippen LogP contribution in [0.3, 0.4) is 0 Å². The van der Waals surface area contributed by atoms with Crippen molar-refractivity contribution in [2.45, 2.75) is 13.3 Å². The van der Waals surface area contributed by atoms with Crippen molar-refractivity contribution in [2.24, 2.45) is 5.16 Å². The zero-order valence-electron chi connectivity index (χ0n) is 8.84. The third kappa shape index (κ3) is 4.36. The Hall–Kier alpha value is -1.69. The summed E-state index contributed by atoms with van der Waals surface area (Å²) in [6.07, 6.45) is -0.609. The Morgan fingerprint density at radius 1 is 1.53 bits per heavy atom. The molecule has 0 saturated carbocycles. The van der Waals surface area contributed by atoms with Gasteiger partial charge in [0.25, 0.3) is 0 Å². The molecule has 0 spiro atoms. The van der Waals surface area contributed by atoms with Gasteiger partial charge in [0.05, 0.1) is 5.69 Å². The number of amides is 1. The Bertz CT molecular complexity index is 452. The number of nitrogens with zero attached hydrogens (tertiary/aromatic N) is 1. The number of oxime groups is 1. The first kappa shape index (κ1) is 13.4. The van der Waals surface area contributed by atoms with Crippen molar-refractivity contribution in [3.05, 3.63) is 29.8 Å². The molecule has 1 aromatic rings. The first-order valence-corrected chi connectivity index (χ1v) is 5.06. The van der Waals surface area contributed by atoms with Crippen LogP contribution in [-0.4, -0.2) is 11.3 Å². The van der Waals surface area contributed by atoms with Crippen molar-refractivity contribution in [3.63, 3.8) is 0 Å². The van der Waals surface area contributed by atoms with Crippen LogP contribution in [-0.2, 0) is 4.84 Å². The number of halogens is 3. The number of hydrogen-bond donors (Lipinski definition) is 1. The Kier molecular flexibility index (Phi) is 4.84. The van der Waals surface area contributed by atoms with E-state index in [1.165, 1.54) is 0 Å². The van der Waals surface area contributed by atoms with Crippen molar-refractivity contribution in [2.75, 3.05) is 5.32 Å². The van der Waals surface area contributed by atoms with Crippen molar-refractivity contribution >= 4 is 28.6 Å². The standard InChI is InChI=1S/C10H9ClF2N2O2/c1-2-9(11)15-17-10(16)14-8-4-3-6(12)5-7(8)13/h3-5H,2H2,1H3,(H,14,16)/b15-9+. The largest absolute Gasteiger partial charge is 0.437 e. The molecule has 1 rings (SSSR count). The van der Waals surface area contributed by atoms with Gasteiger partial charge in [-0.1, -0.05) is 23.7 Å². The zero-order valence-corrected chi connectivity index (χ0v) is 9.59. The van der Waals surface area contributed by atoms with Gasteiger partial charge in [-0.3, -0.25) is 10.2 Å². The van der Waals surface area contributed by atoms with Gasteiger partial charge >= 0.3 is 6.09 Å². The van der Waals surface area contributed by atoms with E-state index in [9.17, 15) is 13.6 Å².